The van der Waals surface area contributed by atoms with Crippen LogP contribution in [0.15, 0.2) is 24.3 Å². The van der Waals surface area contributed by atoms with E-state index in [1.54, 1.807) is 24.3 Å². The zero-order valence-corrected chi connectivity index (χ0v) is 18.9. The summed E-state index contributed by atoms with van der Waals surface area (Å²) in [6, 6.07) is 6.79. The summed E-state index contributed by atoms with van der Waals surface area (Å²) in [5.41, 5.74) is 0.925. The maximum absolute atomic E-state index is 13.2. The largest absolute Gasteiger partial charge is 0.376 e. The first-order chi connectivity index (χ1) is 14.0. The number of imide groups is 1. The maximum atomic E-state index is 13.2. The molecule has 3 amide bonds. The van der Waals surface area contributed by atoms with E-state index in [-0.39, 0.29) is 57.2 Å². The van der Waals surface area contributed by atoms with Crippen molar-refractivity contribution < 1.29 is 19.1 Å². The second-order valence-electron chi connectivity index (χ2n) is 8.41. The highest BCUT2D eigenvalue weighted by Crippen LogP contribution is 2.60. The smallest absolute Gasteiger partial charge is 0.251 e. The molecular weight excluding hydrogens is 504 g/mol. The van der Waals surface area contributed by atoms with Crippen molar-refractivity contribution in [2.75, 3.05) is 18.1 Å². The lowest BCUT2D eigenvalue weighted by molar-refractivity contribution is -0.123. The number of carbonyl (C=O) groups excluding carboxylic acids is 3. The Hall–Kier alpha value is -1.25. The summed E-state index contributed by atoms with van der Waals surface area (Å²) in [5, 5.41) is 2.89. The van der Waals surface area contributed by atoms with Gasteiger partial charge in [0.15, 0.2) is 0 Å². The number of nitrogens with zero attached hydrogens (tertiary/aromatic N) is 1. The molecule has 0 aromatic heterocycles. The van der Waals surface area contributed by atoms with Crippen LogP contribution in [-0.4, -0.2) is 46.6 Å². The van der Waals surface area contributed by atoms with Gasteiger partial charge in [0, 0.05) is 28.4 Å². The van der Waals surface area contributed by atoms with Crippen molar-refractivity contribution in [2.24, 2.45) is 23.7 Å². The molecular formula is C21H22Br2N2O4. The number of rotatable bonds is 4. The van der Waals surface area contributed by atoms with Gasteiger partial charge in [0.2, 0.25) is 11.8 Å². The molecule has 2 bridgehead atoms. The molecule has 2 aliphatic heterocycles. The summed E-state index contributed by atoms with van der Waals surface area (Å²) in [5.74, 6) is -0.655. The molecule has 5 rings (SSSR count). The average molecular weight is 526 g/mol. The third-order valence-electron chi connectivity index (χ3n) is 6.87. The van der Waals surface area contributed by atoms with Crippen LogP contribution in [0, 0.1) is 23.7 Å². The normalized spacial score (nSPS) is 38.0. The van der Waals surface area contributed by atoms with Gasteiger partial charge in [0.1, 0.15) is 0 Å². The first-order valence-electron chi connectivity index (χ1n) is 10.1. The lowest BCUT2D eigenvalue weighted by atomic mass is 9.81. The summed E-state index contributed by atoms with van der Waals surface area (Å²) in [7, 11) is 0. The minimum absolute atomic E-state index is 0.0631. The first-order valence-corrected chi connectivity index (χ1v) is 12.0. The quantitative estimate of drug-likeness (QED) is 0.484. The Labute approximate surface area is 186 Å². The molecule has 1 aromatic rings. The van der Waals surface area contributed by atoms with Crippen LogP contribution in [0.5, 0.6) is 0 Å². The lowest BCUT2D eigenvalue weighted by Crippen LogP contribution is -2.37. The third kappa shape index (κ3) is 3.10. The number of benzene rings is 1. The average Bonchev–Trinajstić information content (AvgIpc) is 3.47. The molecule has 2 saturated heterocycles. The Kier molecular flexibility index (Phi) is 5.07. The summed E-state index contributed by atoms with van der Waals surface area (Å²) in [4.78, 5) is 40.6. The SMILES string of the molecule is O=C(NC[C@@H]1CCCO1)c1cccc(N2C(=O)[C@@H]3[C@H]4C[C@@H]([C@H](Br)[C@H]4Br)[C@H]3C2=O)c1. The molecule has 2 saturated carbocycles. The van der Waals surface area contributed by atoms with Crippen LogP contribution in [0.2, 0.25) is 0 Å². The number of ether oxygens (including phenoxy) is 1. The fourth-order valence-corrected chi connectivity index (χ4v) is 7.38. The summed E-state index contributed by atoms with van der Waals surface area (Å²) in [6.45, 7) is 1.21. The molecule has 0 unspecified atom stereocenters. The molecule has 2 aliphatic carbocycles. The van der Waals surface area contributed by atoms with Gasteiger partial charge in [0.25, 0.3) is 5.91 Å². The molecule has 1 aromatic carbocycles. The van der Waals surface area contributed by atoms with E-state index in [0.29, 0.717) is 17.8 Å². The number of alkyl halides is 2. The second-order valence-corrected chi connectivity index (χ2v) is 10.5. The Morgan fingerprint density at radius 2 is 1.83 bits per heavy atom. The van der Waals surface area contributed by atoms with Crippen LogP contribution in [0.3, 0.4) is 0 Å². The minimum Gasteiger partial charge on any atom is -0.376 e. The second kappa shape index (κ2) is 7.46. The van der Waals surface area contributed by atoms with Gasteiger partial charge in [-0.1, -0.05) is 37.9 Å². The summed E-state index contributed by atoms with van der Waals surface area (Å²) in [6.07, 6.45) is 2.93. The third-order valence-corrected chi connectivity index (χ3v) is 10.1. The van der Waals surface area contributed by atoms with E-state index < -0.39 is 0 Å². The van der Waals surface area contributed by atoms with Gasteiger partial charge in [-0.2, -0.15) is 0 Å². The van der Waals surface area contributed by atoms with Crippen LogP contribution in [0.1, 0.15) is 29.6 Å². The lowest BCUT2D eigenvalue weighted by Gasteiger charge is -2.28. The van der Waals surface area contributed by atoms with Crippen molar-refractivity contribution in [3.63, 3.8) is 0 Å². The topological polar surface area (TPSA) is 75.7 Å². The molecule has 2 heterocycles. The Morgan fingerprint density at radius 3 is 2.45 bits per heavy atom. The zero-order chi connectivity index (χ0) is 20.3. The van der Waals surface area contributed by atoms with E-state index in [0.717, 1.165) is 25.9 Å². The minimum atomic E-state index is -0.261. The van der Waals surface area contributed by atoms with Gasteiger partial charge in [-0.05, 0) is 49.3 Å². The summed E-state index contributed by atoms with van der Waals surface area (Å²) >= 11 is 7.41. The van der Waals surface area contributed by atoms with Crippen LogP contribution >= 0.6 is 31.9 Å². The molecule has 8 heteroatoms. The Morgan fingerprint density at radius 1 is 1.14 bits per heavy atom. The fraction of sp³-hybridized carbons (Fsp3) is 0.571. The molecule has 29 heavy (non-hydrogen) atoms. The van der Waals surface area contributed by atoms with E-state index in [9.17, 15) is 14.4 Å². The highest BCUT2D eigenvalue weighted by Gasteiger charge is 2.66. The number of anilines is 1. The van der Waals surface area contributed by atoms with Gasteiger partial charge in [-0.3, -0.25) is 19.3 Å². The van der Waals surface area contributed by atoms with Crippen molar-refractivity contribution in [3.05, 3.63) is 29.8 Å². The van der Waals surface area contributed by atoms with Gasteiger partial charge in [-0.15, -0.1) is 0 Å². The van der Waals surface area contributed by atoms with Crippen molar-refractivity contribution in [3.8, 4) is 0 Å². The van der Waals surface area contributed by atoms with Crippen molar-refractivity contribution in [2.45, 2.75) is 35.0 Å². The number of nitrogens with one attached hydrogen (secondary N) is 1. The number of carbonyl (C=O) groups is 3. The highest BCUT2D eigenvalue weighted by atomic mass is 79.9. The van der Waals surface area contributed by atoms with Crippen LogP contribution in [-0.2, 0) is 14.3 Å². The van der Waals surface area contributed by atoms with E-state index in [4.69, 9.17) is 4.74 Å². The van der Waals surface area contributed by atoms with Crippen LogP contribution < -0.4 is 10.2 Å². The molecule has 4 fully saturated rings. The Bertz CT molecular complexity index is 840. The standard InChI is InChI=1S/C21H22Br2N2O4/c22-17-13-8-14(18(17)23)16-15(13)20(27)25(21(16)28)11-4-1-3-10(7-11)19(26)24-9-12-5-2-6-29-12/h1,3-4,7,12-18H,2,5-6,8-9H2,(H,24,26)/t12-,13+,14+,15+,16+,17-,18-/m0/s1. The maximum Gasteiger partial charge on any atom is 0.251 e. The molecule has 1 N–H and O–H groups in total. The molecule has 0 spiro atoms. The predicted octanol–water partition coefficient (Wildman–Crippen LogP) is 2.88. The van der Waals surface area contributed by atoms with Crippen LogP contribution in [0.25, 0.3) is 0 Å². The van der Waals surface area contributed by atoms with Gasteiger partial charge in [-0.25, -0.2) is 0 Å². The van der Waals surface area contributed by atoms with Gasteiger partial charge < -0.3 is 10.1 Å². The monoisotopic (exact) mass is 524 g/mol. The van der Waals surface area contributed by atoms with Crippen LogP contribution in [0.4, 0.5) is 5.69 Å². The molecule has 4 aliphatic rings. The molecule has 6 nitrogen and oxygen atoms in total. The molecule has 7 atom stereocenters. The van der Waals surface area contributed by atoms with E-state index in [2.05, 4.69) is 37.2 Å². The van der Waals surface area contributed by atoms with Crippen molar-refractivity contribution in [1.82, 2.24) is 5.32 Å². The van der Waals surface area contributed by atoms with Gasteiger partial charge >= 0.3 is 0 Å². The van der Waals surface area contributed by atoms with Gasteiger partial charge in [0.05, 0.1) is 23.6 Å². The molecule has 0 radical (unpaired) electrons. The zero-order valence-electron chi connectivity index (χ0n) is 15.7. The highest BCUT2D eigenvalue weighted by molar-refractivity contribution is 9.12. The van der Waals surface area contributed by atoms with Crippen molar-refractivity contribution >= 4 is 55.3 Å². The van der Waals surface area contributed by atoms with E-state index >= 15 is 0 Å². The number of hydrogen-bond donors (Lipinski definition) is 1. The number of fused-ring (bicyclic) bond motifs is 5. The number of hydrogen-bond acceptors (Lipinski definition) is 4. The van der Waals surface area contributed by atoms with E-state index in [1.165, 1.54) is 4.90 Å². The fourth-order valence-electron chi connectivity index (χ4n) is 5.50. The first kappa shape index (κ1) is 19.7. The predicted molar refractivity (Wildman–Crippen MR) is 114 cm³/mol. The van der Waals surface area contributed by atoms with Crippen molar-refractivity contribution in [1.29, 1.82) is 0 Å². The number of amides is 3. The van der Waals surface area contributed by atoms with E-state index in [1.807, 2.05) is 0 Å². The Balaban J connectivity index is 1.35. The number of halogens is 2. The summed E-state index contributed by atoms with van der Waals surface area (Å²) < 4.78 is 5.54. The molecule has 154 valence electrons.